The van der Waals surface area contributed by atoms with Gasteiger partial charge in [0.2, 0.25) is 0 Å². The Morgan fingerprint density at radius 2 is 1.94 bits per heavy atom. The summed E-state index contributed by atoms with van der Waals surface area (Å²) in [6.45, 7) is 0. The van der Waals surface area contributed by atoms with Crippen LogP contribution in [-0.2, 0) is 0 Å². The van der Waals surface area contributed by atoms with Gasteiger partial charge in [-0.3, -0.25) is 0 Å². The van der Waals surface area contributed by atoms with Gasteiger partial charge in [0.05, 0.1) is 11.6 Å². The van der Waals surface area contributed by atoms with E-state index in [9.17, 15) is 13.2 Å². The molecule has 0 unspecified atom stereocenters. The SMILES string of the molecule is COc1ccc([C@@H](N)C(F)(F)F)cc1Br.Cl. The Bertz CT molecular complexity index is 359. The van der Waals surface area contributed by atoms with E-state index in [0.29, 0.717) is 10.2 Å². The van der Waals surface area contributed by atoms with Crippen LogP contribution in [0.4, 0.5) is 13.2 Å². The van der Waals surface area contributed by atoms with Gasteiger partial charge in [-0.2, -0.15) is 13.2 Å². The fourth-order valence-electron chi connectivity index (χ4n) is 1.07. The molecule has 0 heterocycles. The highest BCUT2D eigenvalue weighted by Gasteiger charge is 2.37. The zero-order valence-electron chi connectivity index (χ0n) is 8.22. The number of hydrogen-bond donors (Lipinski definition) is 1. The van der Waals surface area contributed by atoms with E-state index in [1.165, 1.54) is 25.3 Å². The average molecular weight is 321 g/mol. The van der Waals surface area contributed by atoms with Crippen LogP contribution in [0.25, 0.3) is 0 Å². The summed E-state index contributed by atoms with van der Waals surface area (Å²) in [4.78, 5) is 0. The van der Waals surface area contributed by atoms with Gasteiger partial charge in [0.1, 0.15) is 11.8 Å². The van der Waals surface area contributed by atoms with Gasteiger partial charge in [0, 0.05) is 0 Å². The van der Waals surface area contributed by atoms with Gasteiger partial charge in [-0.05, 0) is 33.6 Å². The highest BCUT2D eigenvalue weighted by atomic mass is 79.9. The van der Waals surface area contributed by atoms with Gasteiger partial charge in [-0.15, -0.1) is 12.4 Å². The van der Waals surface area contributed by atoms with E-state index in [2.05, 4.69) is 15.9 Å². The Morgan fingerprint density at radius 3 is 2.31 bits per heavy atom. The van der Waals surface area contributed by atoms with Crippen LogP contribution in [0.2, 0.25) is 0 Å². The lowest BCUT2D eigenvalue weighted by Crippen LogP contribution is -2.28. The molecule has 16 heavy (non-hydrogen) atoms. The summed E-state index contributed by atoms with van der Waals surface area (Å²) < 4.78 is 42.2. The van der Waals surface area contributed by atoms with Gasteiger partial charge >= 0.3 is 6.18 Å². The zero-order valence-corrected chi connectivity index (χ0v) is 10.6. The molecule has 0 spiro atoms. The molecule has 0 radical (unpaired) electrons. The Hall–Kier alpha value is -0.460. The summed E-state index contributed by atoms with van der Waals surface area (Å²) in [7, 11) is 1.43. The lowest BCUT2D eigenvalue weighted by molar-refractivity contribution is -0.149. The van der Waals surface area contributed by atoms with Crippen molar-refractivity contribution in [3.05, 3.63) is 28.2 Å². The number of nitrogens with two attached hydrogens (primary N) is 1. The van der Waals surface area contributed by atoms with E-state index < -0.39 is 12.2 Å². The maximum Gasteiger partial charge on any atom is 0.407 e. The first kappa shape index (κ1) is 15.5. The molecule has 92 valence electrons. The molecular formula is C9H10BrClF3NO. The number of ether oxygens (including phenoxy) is 1. The summed E-state index contributed by atoms with van der Waals surface area (Å²) in [6, 6.07) is 2.06. The minimum Gasteiger partial charge on any atom is -0.496 e. The lowest BCUT2D eigenvalue weighted by atomic mass is 10.1. The van der Waals surface area contributed by atoms with E-state index in [1.807, 2.05) is 0 Å². The summed E-state index contributed by atoms with van der Waals surface area (Å²) in [5.74, 6) is 0.466. The number of alkyl halides is 3. The fourth-order valence-corrected chi connectivity index (χ4v) is 1.62. The van der Waals surface area contributed by atoms with Crippen molar-refractivity contribution in [3.63, 3.8) is 0 Å². The molecule has 2 nitrogen and oxygen atoms in total. The first-order chi connectivity index (χ1) is 6.86. The number of benzene rings is 1. The molecule has 0 aromatic heterocycles. The van der Waals surface area contributed by atoms with Crippen LogP contribution < -0.4 is 10.5 Å². The molecule has 0 amide bonds. The highest BCUT2D eigenvalue weighted by Crippen LogP contribution is 2.34. The number of hydrogen-bond acceptors (Lipinski definition) is 2. The molecule has 0 saturated carbocycles. The number of rotatable bonds is 2. The summed E-state index contributed by atoms with van der Waals surface area (Å²) in [6.07, 6.45) is -4.44. The molecule has 1 atom stereocenters. The Labute approximate surface area is 105 Å². The molecule has 0 aliphatic rings. The monoisotopic (exact) mass is 319 g/mol. The minimum atomic E-state index is -4.44. The van der Waals surface area contributed by atoms with Crippen LogP contribution in [-0.4, -0.2) is 13.3 Å². The third-order valence-electron chi connectivity index (χ3n) is 1.89. The van der Waals surface area contributed by atoms with Crippen molar-refractivity contribution in [1.82, 2.24) is 0 Å². The van der Waals surface area contributed by atoms with E-state index >= 15 is 0 Å². The van der Waals surface area contributed by atoms with Crippen LogP contribution in [0.3, 0.4) is 0 Å². The number of methoxy groups -OCH3 is 1. The van der Waals surface area contributed by atoms with Crippen molar-refractivity contribution in [2.24, 2.45) is 5.73 Å². The van der Waals surface area contributed by atoms with Crippen LogP contribution in [0.5, 0.6) is 5.75 Å². The molecule has 1 aromatic rings. The molecule has 1 rings (SSSR count). The second-order valence-electron chi connectivity index (χ2n) is 2.91. The smallest absolute Gasteiger partial charge is 0.407 e. The molecule has 0 bridgehead atoms. The van der Waals surface area contributed by atoms with Gasteiger partial charge in [0.15, 0.2) is 0 Å². The Kier molecular flexibility index (Phi) is 5.58. The predicted octanol–water partition coefficient (Wildman–Crippen LogP) is 3.44. The standard InChI is InChI=1S/C9H9BrF3NO.ClH/c1-15-7-3-2-5(4-6(7)10)8(14)9(11,12)13;/h2-4,8H,14H2,1H3;1H/t8-;/m1./s1. The van der Waals surface area contributed by atoms with Gasteiger partial charge in [0.25, 0.3) is 0 Å². The summed E-state index contributed by atoms with van der Waals surface area (Å²) in [5, 5.41) is 0. The largest absolute Gasteiger partial charge is 0.496 e. The molecule has 1 aromatic carbocycles. The fraction of sp³-hybridized carbons (Fsp3) is 0.333. The summed E-state index contributed by atoms with van der Waals surface area (Å²) >= 11 is 3.09. The van der Waals surface area contributed by atoms with Crippen molar-refractivity contribution in [1.29, 1.82) is 0 Å². The van der Waals surface area contributed by atoms with Crippen molar-refractivity contribution in [2.45, 2.75) is 12.2 Å². The topological polar surface area (TPSA) is 35.2 Å². The van der Waals surface area contributed by atoms with Crippen LogP contribution in [0.1, 0.15) is 11.6 Å². The first-order valence-electron chi connectivity index (χ1n) is 4.02. The normalized spacial score (nSPS) is 12.9. The van der Waals surface area contributed by atoms with Crippen LogP contribution in [0, 0.1) is 0 Å². The van der Waals surface area contributed by atoms with E-state index in [1.54, 1.807) is 0 Å². The Balaban J connectivity index is 0.00000225. The van der Waals surface area contributed by atoms with Crippen molar-refractivity contribution < 1.29 is 17.9 Å². The van der Waals surface area contributed by atoms with Crippen molar-refractivity contribution in [3.8, 4) is 5.75 Å². The lowest BCUT2D eigenvalue weighted by Gasteiger charge is -2.16. The second-order valence-corrected chi connectivity index (χ2v) is 3.77. The molecule has 0 aliphatic heterocycles. The van der Waals surface area contributed by atoms with E-state index in [0.717, 1.165) is 0 Å². The van der Waals surface area contributed by atoms with E-state index in [-0.39, 0.29) is 18.0 Å². The van der Waals surface area contributed by atoms with Gasteiger partial charge < -0.3 is 10.5 Å². The summed E-state index contributed by atoms with van der Waals surface area (Å²) in [5.41, 5.74) is 5.04. The third-order valence-corrected chi connectivity index (χ3v) is 2.51. The molecular weight excluding hydrogens is 310 g/mol. The van der Waals surface area contributed by atoms with Crippen molar-refractivity contribution >= 4 is 28.3 Å². The quantitative estimate of drug-likeness (QED) is 0.906. The van der Waals surface area contributed by atoms with E-state index in [4.69, 9.17) is 10.5 Å². The average Bonchev–Trinajstić information content (AvgIpc) is 2.15. The van der Waals surface area contributed by atoms with Crippen LogP contribution in [0.15, 0.2) is 22.7 Å². The third kappa shape index (κ3) is 3.54. The van der Waals surface area contributed by atoms with Crippen LogP contribution >= 0.6 is 28.3 Å². The maximum absolute atomic E-state index is 12.3. The maximum atomic E-state index is 12.3. The molecule has 0 saturated heterocycles. The zero-order chi connectivity index (χ0) is 11.6. The first-order valence-corrected chi connectivity index (χ1v) is 4.81. The Morgan fingerprint density at radius 1 is 1.38 bits per heavy atom. The predicted molar refractivity (Wildman–Crippen MR) is 60.9 cm³/mol. The van der Waals surface area contributed by atoms with Crippen molar-refractivity contribution in [2.75, 3.05) is 7.11 Å². The molecule has 0 fully saturated rings. The second kappa shape index (κ2) is 5.75. The molecule has 7 heteroatoms. The number of halogens is 5. The minimum absolute atomic E-state index is 0. The highest BCUT2D eigenvalue weighted by molar-refractivity contribution is 9.10. The van der Waals surface area contributed by atoms with Gasteiger partial charge in [-0.25, -0.2) is 0 Å². The van der Waals surface area contributed by atoms with Gasteiger partial charge in [-0.1, -0.05) is 6.07 Å². The molecule has 0 aliphatic carbocycles. The molecule has 2 N–H and O–H groups in total.